The molecule has 164 valence electrons. The van der Waals surface area contributed by atoms with Crippen LogP contribution in [0.5, 0.6) is 11.5 Å². The Kier molecular flexibility index (Phi) is 6.26. The molecule has 8 nitrogen and oxygen atoms in total. The largest absolute Gasteiger partial charge is 0.507 e. The monoisotopic (exact) mass is 440 g/mol. The van der Waals surface area contributed by atoms with Crippen LogP contribution in [0.3, 0.4) is 0 Å². The van der Waals surface area contributed by atoms with Crippen LogP contribution in [0.15, 0.2) is 83.0 Å². The molecule has 0 fully saturated rings. The molecule has 0 radical (unpaired) electrons. The zero-order valence-corrected chi connectivity index (χ0v) is 17.4. The molecule has 8 heteroatoms. The van der Waals surface area contributed by atoms with Crippen molar-refractivity contribution in [3.8, 4) is 11.5 Å². The summed E-state index contributed by atoms with van der Waals surface area (Å²) in [5.41, 5.74) is 5.44. The van der Waals surface area contributed by atoms with E-state index in [1.807, 2.05) is 48.5 Å². The van der Waals surface area contributed by atoms with Crippen molar-refractivity contribution in [1.82, 2.24) is 10.9 Å². The molecule has 4 rings (SSSR count). The van der Waals surface area contributed by atoms with Crippen molar-refractivity contribution in [3.05, 3.63) is 83.9 Å². The van der Waals surface area contributed by atoms with E-state index in [0.29, 0.717) is 11.1 Å². The van der Waals surface area contributed by atoms with E-state index in [0.717, 1.165) is 21.5 Å². The molecule has 0 aliphatic carbocycles. The molecule has 0 aliphatic heterocycles. The summed E-state index contributed by atoms with van der Waals surface area (Å²) < 4.78 is 0. The minimum atomic E-state index is -0.647. The van der Waals surface area contributed by atoms with Gasteiger partial charge in [0.1, 0.15) is 17.9 Å². The van der Waals surface area contributed by atoms with Crippen molar-refractivity contribution >= 4 is 45.8 Å². The minimum absolute atomic E-state index is 0.0236. The van der Waals surface area contributed by atoms with Gasteiger partial charge in [-0.25, -0.2) is 10.9 Å². The van der Waals surface area contributed by atoms with Crippen molar-refractivity contribution < 1.29 is 19.8 Å². The first kappa shape index (κ1) is 21.5. The van der Waals surface area contributed by atoms with Gasteiger partial charge >= 0.3 is 0 Å². The number of hydrogen-bond donors (Lipinski definition) is 4. The van der Waals surface area contributed by atoms with E-state index >= 15 is 0 Å². The molecule has 0 bridgehead atoms. The molecule has 4 N–H and O–H groups in total. The third-order valence-corrected chi connectivity index (χ3v) is 4.98. The summed E-state index contributed by atoms with van der Waals surface area (Å²) >= 11 is 0. The Bertz CT molecular complexity index is 1310. The number of fused-ring (bicyclic) bond motifs is 2. The molecule has 0 aliphatic rings. The SMILES string of the molecule is O=C(CC(=O)N/N=C/c1c(O)ccc2ccccc12)N/N=C/c1c(O)ccc2ccccc12. The summed E-state index contributed by atoms with van der Waals surface area (Å²) in [5.74, 6) is -1.25. The number of rotatable bonds is 6. The molecule has 0 unspecified atom stereocenters. The lowest BCUT2D eigenvalue weighted by molar-refractivity contribution is -0.129. The van der Waals surface area contributed by atoms with Gasteiger partial charge in [-0.3, -0.25) is 9.59 Å². The molecule has 0 atom stereocenters. The number of amides is 2. The van der Waals surface area contributed by atoms with Crippen LogP contribution < -0.4 is 10.9 Å². The third kappa shape index (κ3) is 4.96. The molecule has 0 heterocycles. The number of phenols is 2. The smallest absolute Gasteiger partial charge is 0.249 e. The summed E-state index contributed by atoms with van der Waals surface area (Å²) in [4.78, 5) is 24.0. The summed E-state index contributed by atoms with van der Waals surface area (Å²) in [7, 11) is 0. The molecule has 0 saturated heterocycles. The van der Waals surface area contributed by atoms with E-state index in [4.69, 9.17) is 0 Å². The lowest BCUT2D eigenvalue weighted by Crippen LogP contribution is -2.27. The Morgan fingerprint density at radius 3 is 1.55 bits per heavy atom. The number of hydrazone groups is 2. The van der Waals surface area contributed by atoms with Crippen molar-refractivity contribution in [2.75, 3.05) is 0 Å². The highest BCUT2D eigenvalue weighted by atomic mass is 16.3. The van der Waals surface area contributed by atoms with Crippen LogP contribution in [0.1, 0.15) is 17.5 Å². The molecule has 0 aromatic heterocycles. The van der Waals surface area contributed by atoms with Gasteiger partial charge in [-0.15, -0.1) is 0 Å². The van der Waals surface area contributed by atoms with Gasteiger partial charge in [-0.2, -0.15) is 10.2 Å². The Hall–Kier alpha value is -4.72. The van der Waals surface area contributed by atoms with Crippen LogP contribution in [0.4, 0.5) is 0 Å². The van der Waals surface area contributed by atoms with Gasteiger partial charge in [-0.1, -0.05) is 60.7 Å². The first-order chi connectivity index (χ1) is 16.0. The van der Waals surface area contributed by atoms with E-state index in [-0.39, 0.29) is 11.5 Å². The van der Waals surface area contributed by atoms with Gasteiger partial charge in [0, 0.05) is 11.1 Å². The third-order valence-electron chi connectivity index (χ3n) is 4.98. The maximum atomic E-state index is 12.0. The van der Waals surface area contributed by atoms with Gasteiger partial charge in [0.15, 0.2) is 0 Å². The Balaban J connectivity index is 1.35. The highest BCUT2D eigenvalue weighted by molar-refractivity contribution is 6.04. The van der Waals surface area contributed by atoms with Crippen molar-refractivity contribution in [2.24, 2.45) is 10.2 Å². The minimum Gasteiger partial charge on any atom is -0.507 e. The van der Waals surface area contributed by atoms with Crippen molar-refractivity contribution in [3.63, 3.8) is 0 Å². The fraction of sp³-hybridized carbons (Fsp3) is 0.0400. The zero-order valence-electron chi connectivity index (χ0n) is 17.4. The Morgan fingerprint density at radius 1 is 0.667 bits per heavy atom. The van der Waals surface area contributed by atoms with Gasteiger partial charge < -0.3 is 10.2 Å². The molecular formula is C25H20N4O4. The Labute approximate surface area is 188 Å². The number of aromatic hydroxyl groups is 2. The van der Waals surface area contributed by atoms with Gasteiger partial charge in [0.25, 0.3) is 0 Å². The van der Waals surface area contributed by atoms with Crippen LogP contribution in [0.25, 0.3) is 21.5 Å². The van der Waals surface area contributed by atoms with Crippen LogP contribution >= 0.6 is 0 Å². The van der Waals surface area contributed by atoms with E-state index in [2.05, 4.69) is 21.1 Å². The first-order valence-corrected chi connectivity index (χ1v) is 10.1. The van der Waals surface area contributed by atoms with E-state index < -0.39 is 18.2 Å². The number of phenolic OH excluding ortho intramolecular Hbond substituents is 2. The quantitative estimate of drug-likeness (QED) is 0.208. The van der Waals surface area contributed by atoms with E-state index in [1.54, 1.807) is 24.3 Å². The maximum absolute atomic E-state index is 12.0. The summed E-state index contributed by atoms with van der Waals surface area (Å²) in [6.07, 6.45) is 2.15. The Morgan fingerprint density at radius 2 is 1.09 bits per heavy atom. The number of carbonyl (C=O) groups excluding carboxylic acids is 2. The van der Waals surface area contributed by atoms with Crippen molar-refractivity contribution in [2.45, 2.75) is 6.42 Å². The second kappa shape index (κ2) is 9.61. The van der Waals surface area contributed by atoms with Gasteiger partial charge in [0.05, 0.1) is 12.4 Å². The molecule has 0 saturated carbocycles. The first-order valence-electron chi connectivity index (χ1n) is 10.1. The average molecular weight is 440 g/mol. The van der Waals surface area contributed by atoms with Gasteiger partial charge in [-0.05, 0) is 33.7 Å². The predicted octanol–water partition coefficient (Wildman–Crippen LogP) is 3.39. The molecule has 4 aromatic rings. The number of benzene rings is 4. The molecule has 33 heavy (non-hydrogen) atoms. The second-order valence-electron chi connectivity index (χ2n) is 7.20. The summed E-state index contributed by atoms with van der Waals surface area (Å²) in [5, 5.41) is 31.3. The van der Waals surface area contributed by atoms with E-state index in [9.17, 15) is 19.8 Å². The predicted molar refractivity (Wildman–Crippen MR) is 127 cm³/mol. The van der Waals surface area contributed by atoms with Gasteiger partial charge in [0.2, 0.25) is 11.8 Å². The fourth-order valence-corrected chi connectivity index (χ4v) is 3.40. The molecule has 2 amide bonds. The standard InChI is InChI=1S/C25H20N4O4/c30-22-11-9-16-5-1-3-7-18(16)20(22)14-26-28-24(32)13-25(33)29-27-15-21-19-8-4-2-6-17(19)10-12-23(21)31/h1-12,14-15,30-31H,13H2,(H,28,32)(H,29,33)/b26-14+,27-15+. The van der Waals surface area contributed by atoms with Crippen molar-refractivity contribution in [1.29, 1.82) is 0 Å². The number of carbonyl (C=O) groups is 2. The lowest BCUT2D eigenvalue weighted by atomic mass is 10.0. The fourth-order valence-electron chi connectivity index (χ4n) is 3.40. The summed E-state index contributed by atoms with van der Waals surface area (Å²) in [6.45, 7) is 0. The average Bonchev–Trinajstić information content (AvgIpc) is 2.82. The maximum Gasteiger partial charge on any atom is 0.249 e. The molecule has 4 aromatic carbocycles. The number of nitrogens with one attached hydrogen (secondary N) is 2. The number of nitrogens with zero attached hydrogens (tertiary/aromatic N) is 2. The molecule has 0 spiro atoms. The lowest BCUT2D eigenvalue weighted by Gasteiger charge is -2.05. The zero-order chi connectivity index (χ0) is 23.2. The number of hydrogen-bond acceptors (Lipinski definition) is 6. The second-order valence-corrected chi connectivity index (χ2v) is 7.20. The highest BCUT2D eigenvalue weighted by Crippen LogP contribution is 2.26. The van der Waals surface area contributed by atoms with E-state index in [1.165, 1.54) is 12.4 Å². The topological polar surface area (TPSA) is 123 Å². The van der Waals surface area contributed by atoms with Crippen LogP contribution in [-0.2, 0) is 9.59 Å². The van der Waals surface area contributed by atoms with Crippen LogP contribution in [0, 0.1) is 0 Å². The summed E-state index contributed by atoms with van der Waals surface area (Å²) in [6, 6.07) is 21.5. The molecular weight excluding hydrogens is 420 g/mol. The normalized spacial score (nSPS) is 11.4. The van der Waals surface area contributed by atoms with Crippen LogP contribution in [-0.4, -0.2) is 34.5 Å². The highest BCUT2D eigenvalue weighted by Gasteiger charge is 2.09. The van der Waals surface area contributed by atoms with Crippen LogP contribution in [0.2, 0.25) is 0 Å².